The molecule has 0 amide bonds. The minimum absolute atomic E-state index is 0. The van der Waals surface area contributed by atoms with Gasteiger partial charge in [-0.2, -0.15) is 0 Å². The normalized spacial score (nSPS) is 11.2. The van der Waals surface area contributed by atoms with Crippen LogP contribution in [0.3, 0.4) is 0 Å². The molecule has 0 aliphatic heterocycles. The van der Waals surface area contributed by atoms with Crippen LogP contribution in [0.2, 0.25) is 19.6 Å². The fourth-order valence-corrected chi connectivity index (χ4v) is 6.95. The fraction of sp³-hybridized carbons (Fsp3) is 0.158. The van der Waals surface area contributed by atoms with Crippen molar-refractivity contribution >= 4 is 35.3 Å². The molecule has 45 heavy (non-hydrogen) atoms. The molecule has 0 unspecified atom stereocenters. The monoisotopic (exact) mass is 783 g/mol. The summed E-state index contributed by atoms with van der Waals surface area (Å²) in [5.41, 5.74) is 8.55. The van der Waals surface area contributed by atoms with Crippen LogP contribution in [0, 0.1) is 12.3 Å². The zero-order chi connectivity index (χ0) is 30.7. The molecular weight excluding hydrogens is 749 g/mol. The van der Waals surface area contributed by atoms with Crippen molar-refractivity contribution in [1.29, 1.82) is 0 Å². The quantitative estimate of drug-likeness (QED) is 0.129. The maximum absolute atomic E-state index is 6.01. The van der Waals surface area contributed by atoms with Crippen molar-refractivity contribution in [2.75, 3.05) is 0 Å². The van der Waals surface area contributed by atoms with Gasteiger partial charge in [0.05, 0.1) is 13.7 Å². The van der Waals surface area contributed by atoms with E-state index < -0.39 is 8.07 Å². The molecule has 227 valence electrons. The van der Waals surface area contributed by atoms with Gasteiger partial charge in [-0.3, -0.25) is 0 Å². The Hall–Kier alpha value is -4.29. The van der Waals surface area contributed by atoms with Crippen LogP contribution in [0.5, 0.6) is 0 Å². The standard InChI is InChI=1S/C21H12N3O.C17H22NSi.Ir/c1-2-6-14(7-3-1)15-10-16-17-12-22-13-18(19-8-4-5-9-23-19)20(17)25-21(16)24-11-15;1-13(2)15-11-16(14-9-7-6-8-10-14)18-12-17(15)19(3,4)5;/h1-12H;6-9,11-13H,1-5H3;/q2*-1;. The SMILES string of the molecule is CC(C)c1cc(-c2[c-]cccc2)ncc1[Si](C)(C)C.[Ir].[c-]1ncc2c(oc3ncc(-c4ccccc4)cc32)c1-c1ccccn1. The van der Waals surface area contributed by atoms with Gasteiger partial charge in [-0.1, -0.05) is 93.1 Å². The molecule has 5 aromatic heterocycles. The number of hydrogen-bond acceptors (Lipinski definition) is 5. The number of furan rings is 1. The average molecular weight is 783 g/mol. The van der Waals surface area contributed by atoms with Crippen LogP contribution in [0.1, 0.15) is 25.3 Å². The van der Waals surface area contributed by atoms with Crippen LogP contribution in [0.15, 0.2) is 114 Å². The minimum Gasteiger partial charge on any atom is -0.486 e. The van der Waals surface area contributed by atoms with Gasteiger partial charge in [0.15, 0.2) is 0 Å². The third kappa shape index (κ3) is 7.02. The third-order valence-electron chi connectivity index (χ3n) is 7.56. The van der Waals surface area contributed by atoms with Gasteiger partial charge < -0.3 is 19.4 Å². The number of hydrogen-bond donors (Lipinski definition) is 0. The van der Waals surface area contributed by atoms with E-state index in [9.17, 15) is 0 Å². The second-order valence-corrected chi connectivity index (χ2v) is 17.1. The van der Waals surface area contributed by atoms with Crippen LogP contribution >= 0.6 is 0 Å². The van der Waals surface area contributed by atoms with Gasteiger partial charge in [0.25, 0.3) is 0 Å². The maximum Gasteiger partial charge on any atom is 0.216 e. The van der Waals surface area contributed by atoms with Crippen LogP contribution in [0.25, 0.3) is 55.7 Å². The molecule has 0 aliphatic carbocycles. The Morgan fingerprint density at radius 3 is 2.20 bits per heavy atom. The van der Waals surface area contributed by atoms with Crippen molar-refractivity contribution in [1.82, 2.24) is 19.9 Å². The molecular formula is C38H34IrN4OSi-2. The van der Waals surface area contributed by atoms with Crippen molar-refractivity contribution in [2.45, 2.75) is 39.4 Å². The van der Waals surface area contributed by atoms with Crippen molar-refractivity contribution < 1.29 is 24.5 Å². The molecule has 5 heterocycles. The van der Waals surface area contributed by atoms with E-state index in [-0.39, 0.29) is 20.1 Å². The smallest absolute Gasteiger partial charge is 0.216 e. The Labute approximate surface area is 279 Å². The van der Waals surface area contributed by atoms with Gasteiger partial charge in [-0.05, 0) is 58.0 Å². The van der Waals surface area contributed by atoms with E-state index in [2.05, 4.69) is 102 Å². The molecule has 0 bridgehead atoms. The van der Waals surface area contributed by atoms with Gasteiger partial charge in [-0.15, -0.1) is 35.9 Å². The third-order valence-corrected chi connectivity index (χ3v) is 9.59. The number of aromatic nitrogens is 4. The van der Waals surface area contributed by atoms with Crippen molar-refractivity contribution in [3.63, 3.8) is 0 Å². The zero-order valence-corrected chi connectivity index (χ0v) is 29.4. The first-order valence-electron chi connectivity index (χ1n) is 14.8. The molecule has 1 radical (unpaired) electrons. The predicted octanol–water partition coefficient (Wildman–Crippen LogP) is 9.12. The summed E-state index contributed by atoms with van der Waals surface area (Å²) in [6.45, 7) is 11.7. The van der Waals surface area contributed by atoms with E-state index >= 15 is 0 Å². The summed E-state index contributed by atoms with van der Waals surface area (Å²) in [5.74, 6) is 0.534. The molecule has 0 spiro atoms. The number of pyridine rings is 4. The second-order valence-electron chi connectivity index (χ2n) is 12.1. The first kappa shape index (κ1) is 32.1. The second kappa shape index (κ2) is 13.8. The van der Waals surface area contributed by atoms with E-state index in [4.69, 9.17) is 4.42 Å². The number of rotatable bonds is 5. The predicted molar refractivity (Wildman–Crippen MR) is 182 cm³/mol. The topological polar surface area (TPSA) is 64.7 Å². The molecule has 0 fully saturated rings. The molecule has 7 rings (SSSR count). The van der Waals surface area contributed by atoms with E-state index in [0.29, 0.717) is 17.2 Å². The van der Waals surface area contributed by atoms with E-state index in [0.717, 1.165) is 44.4 Å². The molecule has 7 heteroatoms. The Morgan fingerprint density at radius 1 is 0.733 bits per heavy atom. The van der Waals surface area contributed by atoms with Gasteiger partial charge in [-0.25, -0.2) is 4.98 Å². The molecule has 5 nitrogen and oxygen atoms in total. The van der Waals surface area contributed by atoms with Crippen molar-refractivity contribution in [2.24, 2.45) is 0 Å². The first-order valence-corrected chi connectivity index (χ1v) is 18.3. The van der Waals surface area contributed by atoms with Crippen LogP contribution < -0.4 is 5.19 Å². The summed E-state index contributed by atoms with van der Waals surface area (Å²) in [6, 6.07) is 31.5. The molecule has 0 saturated heterocycles. The molecule has 0 atom stereocenters. The van der Waals surface area contributed by atoms with Crippen molar-refractivity contribution in [3.05, 3.63) is 128 Å². The van der Waals surface area contributed by atoms with Gasteiger partial charge >= 0.3 is 0 Å². The van der Waals surface area contributed by atoms with Gasteiger partial charge in [0.1, 0.15) is 0 Å². The Balaban J connectivity index is 0.000000181. The summed E-state index contributed by atoms with van der Waals surface area (Å²) in [4.78, 5) is 17.8. The number of nitrogens with zero attached hydrogens (tertiary/aromatic N) is 4. The summed E-state index contributed by atoms with van der Waals surface area (Å²) in [7, 11) is -1.34. The molecule has 0 saturated carbocycles. The van der Waals surface area contributed by atoms with E-state index in [1.165, 1.54) is 10.8 Å². The Morgan fingerprint density at radius 2 is 1.51 bits per heavy atom. The summed E-state index contributed by atoms with van der Waals surface area (Å²) in [6.07, 6.45) is 10.4. The van der Waals surface area contributed by atoms with E-state index in [1.807, 2.05) is 60.8 Å². The Kier molecular flexibility index (Phi) is 9.83. The maximum atomic E-state index is 6.01. The largest absolute Gasteiger partial charge is 0.486 e. The minimum atomic E-state index is -1.34. The fourth-order valence-electron chi connectivity index (χ4n) is 5.27. The molecule has 0 N–H and O–H groups in total. The molecule has 0 aliphatic rings. The zero-order valence-electron chi connectivity index (χ0n) is 26.0. The van der Waals surface area contributed by atoms with Crippen LogP contribution in [-0.4, -0.2) is 28.0 Å². The van der Waals surface area contributed by atoms with E-state index in [1.54, 1.807) is 12.4 Å². The number of fused-ring (bicyclic) bond motifs is 3. The Bertz CT molecular complexity index is 2020. The number of benzene rings is 2. The molecule has 7 aromatic rings. The van der Waals surface area contributed by atoms with Crippen molar-refractivity contribution in [3.8, 4) is 33.6 Å². The van der Waals surface area contributed by atoms with Gasteiger partial charge in [0.2, 0.25) is 5.71 Å². The summed E-state index contributed by atoms with van der Waals surface area (Å²) < 4.78 is 6.01. The summed E-state index contributed by atoms with van der Waals surface area (Å²) >= 11 is 0. The van der Waals surface area contributed by atoms with Crippen LogP contribution in [-0.2, 0) is 20.1 Å². The molecule has 2 aromatic carbocycles. The van der Waals surface area contributed by atoms with Crippen LogP contribution in [0.4, 0.5) is 0 Å². The summed E-state index contributed by atoms with van der Waals surface area (Å²) in [5, 5.41) is 3.33. The van der Waals surface area contributed by atoms with Gasteiger partial charge in [0, 0.05) is 49.6 Å². The first-order chi connectivity index (χ1) is 21.3. The average Bonchev–Trinajstić information content (AvgIpc) is 3.44.